The van der Waals surface area contributed by atoms with Crippen LogP contribution < -0.4 is 10.6 Å². The molecule has 0 spiro atoms. The van der Waals surface area contributed by atoms with Crippen molar-refractivity contribution in [2.45, 2.75) is 57.9 Å². The zero-order chi connectivity index (χ0) is 20.2. The van der Waals surface area contributed by atoms with Crippen molar-refractivity contribution in [2.75, 3.05) is 11.9 Å². The van der Waals surface area contributed by atoms with Gasteiger partial charge in [0.1, 0.15) is 6.04 Å². The summed E-state index contributed by atoms with van der Waals surface area (Å²) in [5, 5.41) is 5.85. The van der Waals surface area contributed by atoms with Gasteiger partial charge in [0, 0.05) is 30.7 Å². The minimum Gasteiger partial charge on any atom is -0.464 e. The number of hydrogen-bond donors (Lipinski definition) is 2. The molecule has 0 saturated heterocycles. The van der Waals surface area contributed by atoms with E-state index in [1.54, 1.807) is 25.5 Å². The lowest BCUT2D eigenvalue weighted by molar-refractivity contribution is -0.145. The van der Waals surface area contributed by atoms with Crippen molar-refractivity contribution in [2.24, 2.45) is 0 Å². The SMILES string of the molecule is CCOC(=O)[C@@H](Cc1cnccn1)NC(=O)Nc1c2c(cc3c1CCC3)CCC2. The molecule has 0 radical (unpaired) electrons. The molecule has 0 saturated carbocycles. The number of aromatic nitrogens is 2. The Morgan fingerprint density at radius 3 is 2.45 bits per heavy atom. The van der Waals surface area contributed by atoms with Crippen LogP contribution in [0.5, 0.6) is 0 Å². The smallest absolute Gasteiger partial charge is 0.329 e. The Kier molecular flexibility index (Phi) is 5.74. The van der Waals surface area contributed by atoms with Crippen LogP contribution in [0.25, 0.3) is 0 Å². The molecule has 2 aliphatic carbocycles. The molecule has 7 nitrogen and oxygen atoms in total. The molecule has 29 heavy (non-hydrogen) atoms. The van der Waals surface area contributed by atoms with Gasteiger partial charge < -0.3 is 15.4 Å². The predicted octanol–water partition coefficient (Wildman–Crippen LogP) is 2.75. The summed E-state index contributed by atoms with van der Waals surface area (Å²) in [6, 6.07) is 1.11. The Labute approximate surface area is 170 Å². The Bertz CT molecular complexity index is 882. The fraction of sp³-hybridized carbons (Fsp3) is 0.455. The lowest BCUT2D eigenvalue weighted by atomic mass is 9.99. The number of esters is 1. The van der Waals surface area contributed by atoms with Gasteiger partial charge in [-0.1, -0.05) is 6.07 Å². The maximum Gasteiger partial charge on any atom is 0.329 e. The summed E-state index contributed by atoms with van der Waals surface area (Å²) in [7, 11) is 0. The highest BCUT2D eigenvalue weighted by Gasteiger charge is 2.27. The Morgan fingerprint density at radius 1 is 1.10 bits per heavy atom. The van der Waals surface area contributed by atoms with E-state index in [-0.39, 0.29) is 19.1 Å². The van der Waals surface area contributed by atoms with Crippen LogP contribution in [0.15, 0.2) is 24.7 Å². The summed E-state index contributed by atoms with van der Waals surface area (Å²) >= 11 is 0. The van der Waals surface area contributed by atoms with Crippen molar-refractivity contribution < 1.29 is 14.3 Å². The second-order valence-electron chi connectivity index (χ2n) is 7.54. The van der Waals surface area contributed by atoms with Crippen molar-refractivity contribution in [1.29, 1.82) is 0 Å². The summed E-state index contributed by atoms with van der Waals surface area (Å²) in [5.41, 5.74) is 6.77. The first kappa shape index (κ1) is 19.4. The number of ether oxygens (including phenoxy) is 1. The largest absolute Gasteiger partial charge is 0.464 e. The minimum atomic E-state index is -0.823. The topological polar surface area (TPSA) is 93.2 Å². The van der Waals surface area contributed by atoms with Crippen molar-refractivity contribution in [3.05, 3.63) is 52.6 Å². The second kappa shape index (κ2) is 8.59. The van der Waals surface area contributed by atoms with E-state index in [1.807, 2.05) is 0 Å². The Morgan fingerprint density at radius 2 is 1.83 bits per heavy atom. The van der Waals surface area contributed by atoms with Crippen LogP contribution in [-0.2, 0) is 41.6 Å². The summed E-state index contributed by atoms with van der Waals surface area (Å²) in [6.07, 6.45) is 11.3. The van der Waals surface area contributed by atoms with Gasteiger partial charge in [0.25, 0.3) is 0 Å². The summed E-state index contributed by atoms with van der Waals surface area (Å²) < 4.78 is 5.15. The molecule has 4 rings (SSSR count). The third-order valence-corrected chi connectivity index (χ3v) is 5.62. The van der Waals surface area contributed by atoms with Gasteiger partial charge in [0.15, 0.2) is 0 Å². The van der Waals surface area contributed by atoms with Gasteiger partial charge in [-0.05, 0) is 67.7 Å². The molecule has 2 N–H and O–H groups in total. The average molecular weight is 394 g/mol. The molecule has 7 heteroatoms. The number of nitrogens with one attached hydrogen (secondary N) is 2. The second-order valence-corrected chi connectivity index (χ2v) is 7.54. The molecule has 0 fully saturated rings. The van der Waals surface area contributed by atoms with E-state index >= 15 is 0 Å². The van der Waals surface area contributed by atoms with E-state index in [4.69, 9.17) is 4.74 Å². The van der Waals surface area contributed by atoms with E-state index in [2.05, 4.69) is 26.7 Å². The molecule has 0 bridgehead atoms. The monoisotopic (exact) mass is 394 g/mol. The van der Waals surface area contributed by atoms with Gasteiger partial charge >= 0.3 is 12.0 Å². The molecule has 1 aromatic heterocycles. The summed E-state index contributed by atoms with van der Waals surface area (Å²) in [5.74, 6) is -0.475. The Hall–Kier alpha value is -2.96. The van der Waals surface area contributed by atoms with E-state index in [0.717, 1.165) is 44.2 Å². The number of aryl methyl sites for hydroxylation is 2. The van der Waals surface area contributed by atoms with Gasteiger partial charge in [0.2, 0.25) is 0 Å². The Balaban J connectivity index is 1.52. The van der Waals surface area contributed by atoms with Crippen LogP contribution in [0.3, 0.4) is 0 Å². The van der Waals surface area contributed by atoms with Crippen molar-refractivity contribution in [1.82, 2.24) is 15.3 Å². The lowest BCUT2D eigenvalue weighted by Crippen LogP contribution is -2.45. The van der Waals surface area contributed by atoms with Crippen molar-refractivity contribution >= 4 is 17.7 Å². The number of rotatable bonds is 6. The third-order valence-electron chi connectivity index (χ3n) is 5.62. The third kappa shape index (κ3) is 4.23. The van der Waals surface area contributed by atoms with E-state index in [1.165, 1.54) is 22.3 Å². The molecule has 152 valence electrons. The number of anilines is 1. The van der Waals surface area contributed by atoms with Crippen LogP contribution >= 0.6 is 0 Å². The van der Waals surface area contributed by atoms with Gasteiger partial charge in [-0.2, -0.15) is 0 Å². The number of benzene rings is 1. The number of nitrogens with zero attached hydrogens (tertiary/aromatic N) is 2. The predicted molar refractivity (Wildman–Crippen MR) is 109 cm³/mol. The highest BCUT2D eigenvalue weighted by molar-refractivity contribution is 5.94. The summed E-state index contributed by atoms with van der Waals surface area (Å²) in [4.78, 5) is 33.5. The van der Waals surface area contributed by atoms with Crippen molar-refractivity contribution in [3.8, 4) is 0 Å². The van der Waals surface area contributed by atoms with Gasteiger partial charge in [-0.15, -0.1) is 0 Å². The molecule has 2 aliphatic rings. The standard InChI is InChI=1S/C22H26N4O3/c1-2-29-21(27)19(12-16-13-23-9-10-24-16)25-22(28)26-20-17-7-3-5-14(17)11-15-6-4-8-18(15)20/h9-11,13,19H,2-8,12H2,1H3,(H2,25,26,28)/t19-/m1/s1. The molecule has 2 aromatic rings. The maximum absolute atomic E-state index is 12.9. The fourth-order valence-electron chi connectivity index (χ4n) is 4.36. The molecule has 0 aliphatic heterocycles. The molecule has 1 atom stereocenters. The van der Waals surface area contributed by atoms with Crippen LogP contribution in [0.4, 0.5) is 10.5 Å². The first-order valence-corrected chi connectivity index (χ1v) is 10.3. The van der Waals surface area contributed by atoms with E-state index in [9.17, 15) is 9.59 Å². The molecule has 1 heterocycles. The number of hydrogen-bond acceptors (Lipinski definition) is 5. The van der Waals surface area contributed by atoms with Gasteiger partial charge in [-0.25, -0.2) is 9.59 Å². The number of fused-ring (bicyclic) bond motifs is 2. The molecular formula is C22H26N4O3. The zero-order valence-corrected chi connectivity index (χ0v) is 16.7. The van der Waals surface area contributed by atoms with E-state index in [0.29, 0.717) is 5.69 Å². The maximum atomic E-state index is 12.9. The quantitative estimate of drug-likeness (QED) is 0.735. The highest BCUT2D eigenvalue weighted by Crippen LogP contribution is 2.38. The highest BCUT2D eigenvalue weighted by atomic mass is 16.5. The van der Waals surface area contributed by atoms with Crippen LogP contribution in [0.2, 0.25) is 0 Å². The number of carbonyl (C=O) groups is 2. The first-order valence-electron chi connectivity index (χ1n) is 10.3. The van der Waals surface area contributed by atoms with Crippen LogP contribution in [0, 0.1) is 0 Å². The summed E-state index contributed by atoms with van der Waals surface area (Å²) in [6.45, 7) is 1.99. The molecular weight excluding hydrogens is 368 g/mol. The molecule has 2 amide bonds. The normalized spacial score (nSPS) is 15.3. The lowest BCUT2D eigenvalue weighted by Gasteiger charge is -2.20. The number of urea groups is 1. The molecule has 1 aromatic carbocycles. The van der Waals surface area contributed by atoms with Crippen LogP contribution in [0.1, 0.15) is 47.7 Å². The van der Waals surface area contributed by atoms with Crippen molar-refractivity contribution in [3.63, 3.8) is 0 Å². The molecule has 0 unspecified atom stereocenters. The average Bonchev–Trinajstić information content (AvgIpc) is 3.37. The zero-order valence-electron chi connectivity index (χ0n) is 16.7. The van der Waals surface area contributed by atoms with Gasteiger partial charge in [0.05, 0.1) is 12.3 Å². The van der Waals surface area contributed by atoms with E-state index < -0.39 is 12.0 Å². The van der Waals surface area contributed by atoms with Gasteiger partial charge in [-0.3, -0.25) is 9.97 Å². The fourth-order valence-corrected chi connectivity index (χ4v) is 4.36. The minimum absolute atomic E-state index is 0.227. The van der Waals surface area contributed by atoms with Crippen LogP contribution in [-0.4, -0.2) is 34.6 Å². The number of amides is 2. The first-order chi connectivity index (χ1) is 14.2. The number of carbonyl (C=O) groups excluding carboxylic acids is 2.